The van der Waals surface area contributed by atoms with Gasteiger partial charge in [0, 0.05) is 17.3 Å². The second-order valence-corrected chi connectivity index (χ2v) is 4.01. The minimum Gasteiger partial charge on any atom is -0.315 e. The van der Waals surface area contributed by atoms with Gasteiger partial charge in [-0.3, -0.25) is 0 Å². The van der Waals surface area contributed by atoms with E-state index < -0.39 is 0 Å². The monoisotopic (exact) mass is 185 g/mol. The van der Waals surface area contributed by atoms with Crippen LogP contribution in [0, 0.1) is 11.3 Å². The summed E-state index contributed by atoms with van der Waals surface area (Å²) in [4.78, 5) is 4.04. The van der Waals surface area contributed by atoms with Crippen molar-refractivity contribution < 1.29 is 0 Å². The van der Waals surface area contributed by atoms with E-state index in [1.807, 2.05) is 11.4 Å². The van der Waals surface area contributed by atoms with Crippen LogP contribution in [0.5, 0.6) is 0 Å². The molecule has 11 heavy (non-hydrogen) atoms. The van der Waals surface area contributed by atoms with Crippen LogP contribution in [0.15, 0.2) is 15.9 Å². The van der Waals surface area contributed by atoms with Gasteiger partial charge in [0.2, 0.25) is 0 Å². The van der Waals surface area contributed by atoms with Crippen LogP contribution < -0.4 is 5.73 Å². The highest BCUT2D eigenvalue weighted by molar-refractivity contribution is 8.01. The quantitative estimate of drug-likeness (QED) is 0.716. The van der Waals surface area contributed by atoms with Gasteiger partial charge in [0.05, 0.1) is 6.07 Å². The SMILES string of the molecule is N#CC(N)CSc1nccs1. The van der Waals surface area contributed by atoms with E-state index in [0.29, 0.717) is 5.75 Å². The van der Waals surface area contributed by atoms with Gasteiger partial charge in [-0.05, 0) is 0 Å². The third kappa shape index (κ3) is 2.89. The lowest BCUT2D eigenvalue weighted by Crippen LogP contribution is -2.19. The third-order valence-corrected chi connectivity index (χ3v) is 3.05. The van der Waals surface area contributed by atoms with Crippen molar-refractivity contribution in [2.24, 2.45) is 5.73 Å². The number of rotatable bonds is 3. The van der Waals surface area contributed by atoms with Gasteiger partial charge >= 0.3 is 0 Å². The van der Waals surface area contributed by atoms with Crippen molar-refractivity contribution in [2.45, 2.75) is 10.4 Å². The number of nitrogens with two attached hydrogens (primary N) is 1. The molecule has 1 heterocycles. The Morgan fingerprint density at radius 1 is 1.91 bits per heavy atom. The van der Waals surface area contributed by atoms with Gasteiger partial charge in [-0.25, -0.2) is 4.98 Å². The molecule has 0 aliphatic rings. The molecule has 3 nitrogen and oxygen atoms in total. The molecule has 1 aromatic rings. The minimum absolute atomic E-state index is 0.385. The maximum absolute atomic E-state index is 8.36. The van der Waals surface area contributed by atoms with E-state index >= 15 is 0 Å². The number of nitriles is 1. The van der Waals surface area contributed by atoms with E-state index in [0.717, 1.165) is 4.34 Å². The minimum atomic E-state index is -0.385. The molecule has 1 aromatic heterocycles. The van der Waals surface area contributed by atoms with Crippen LogP contribution in [0.25, 0.3) is 0 Å². The summed E-state index contributed by atoms with van der Waals surface area (Å²) in [5.41, 5.74) is 5.38. The predicted octanol–water partition coefficient (Wildman–Crippen LogP) is 1.09. The molecule has 0 amide bonds. The Morgan fingerprint density at radius 3 is 3.27 bits per heavy atom. The van der Waals surface area contributed by atoms with Crippen LogP contribution in [0.2, 0.25) is 0 Å². The van der Waals surface area contributed by atoms with Crippen molar-refractivity contribution in [3.05, 3.63) is 11.6 Å². The highest BCUT2D eigenvalue weighted by Crippen LogP contribution is 2.19. The summed E-state index contributed by atoms with van der Waals surface area (Å²) >= 11 is 3.08. The molecule has 0 bridgehead atoms. The molecule has 0 aliphatic heterocycles. The maximum Gasteiger partial charge on any atom is 0.149 e. The van der Waals surface area contributed by atoms with Crippen molar-refractivity contribution in [1.29, 1.82) is 5.26 Å². The van der Waals surface area contributed by atoms with Gasteiger partial charge in [-0.1, -0.05) is 11.8 Å². The third-order valence-electron chi connectivity index (χ3n) is 0.962. The molecule has 0 fully saturated rings. The Bertz CT molecular complexity index is 239. The van der Waals surface area contributed by atoms with Crippen molar-refractivity contribution in [3.8, 4) is 6.07 Å². The Kier molecular flexibility index (Phi) is 3.36. The number of thiazole rings is 1. The van der Waals surface area contributed by atoms with E-state index in [1.165, 1.54) is 11.8 Å². The lowest BCUT2D eigenvalue weighted by Gasteiger charge is -1.97. The number of nitrogens with zero attached hydrogens (tertiary/aromatic N) is 2. The molecule has 0 aromatic carbocycles. The summed E-state index contributed by atoms with van der Waals surface area (Å²) in [6.45, 7) is 0. The number of aromatic nitrogens is 1. The molecule has 0 saturated heterocycles. The number of hydrogen-bond donors (Lipinski definition) is 1. The molecule has 0 spiro atoms. The first kappa shape index (κ1) is 8.53. The van der Waals surface area contributed by atoms with E-state index in [9.17, 15) is 0 Å². The van der Waals surface area contributed by atoms with Crippen molar-refractivity contribution in [1.82, 2.24) is 4.98 Å². The van der Waals surface area contributed by atoms with Gasteiger partial charge in [0.15, 0.2) is 0 Å². The molecule has 1 unspecified atom stereocenters. The van der Waals surface area contributed by atoms with E-state index in [1.54, 1.807) is 17.5 Å². The van der Waals surface area contributed by atoms with Crippen LogP contribution in [0.1, 0.15) is 0 Å². The second-order valence-electron chi connectivity index (χ2n) is 1.84. The zero-order chi connectivity index (χ0) is 8.10. The van der Waals surface area contributed by atoms with Crippen molar-refractivity contribution >= 4 is 23.1 Å². The van der Waals surface area contributed by atoms with Crippen LogP contribution in [0.3, 0.4) is 0 Å². The largest absolute Gasteiger partial charge is 0.315 e. The normalized spacial score (nSPS) is 12.4. The lowest BCUT2D eigenvalue weighted by molar-refractivity contribution is 0.953. The highest BCUT2D eigenvalue weighted by atomic mass is 32.2. The zero-order valence-electron chi connectivity index (χ0n) is 5.73. The molecule has 1 atom stereocenters. The first-order valence-corrected chi connectivity index (χ1v) is 4.87. The fourth-order valence-corrected chi connectivity index (χ4v) is 2.01. The molecule has 5 heteroatoms. The lowest BCUT2D eigenvalue weighted by atomic mass is 10.4. The van der Waals surface area contributed by atoms with Gasteiger partial charge < -0.3 is 5.73 Å². The second kappa shape index (κ2) is 4.34. The van der Waals surface area contributed by atoms with E-state index in [4.69, 9.17) is 11.0 Å². The molecule has 0 aliphatic carbocycles. The van der Waals surface area contributed by atoms with Gasteiger partial charge in [-0.2, -0.15) is 5.26 Å². The predicted molar refractivity (Wildman–Crippen MR) is 46.4 cm³/mol. The van der Waals surface area contributed by atoms with E-state index in [-0.39, 0.29) is 6.04 Å². The fraction of sp³-hybridized carbons (Fsp3) is 0.333. The van der Waals surface area contributed by atoms with Crippen LogP contribution in [0.4, 0.5) is 0 Å². The summed E-state index contributed by atoms with van der Waals surface area (Å²) in [6, 6.07) is 1.58. The molecular formula is C6H7N3S2. The molecule has 2 N–H and O–H groups in total. The maximum atomic E-state index is 8.36. The van der Waals surface area contributed by atoms with Crippen molar-refractivity contribution in [3.63, 3.8) is 0 Å². The molecule has 0 radical (unpaired) electrons. The smallest absolute Gasteiger partial charge is 0.149 e. The summed E-state index contributed by atoms with van der Waals surface area (Å²) in [5.74, 6) is 0.615. The average molecular weight is 185 g/mol. The average Bonchev–Trinajstić information content (AvgIpc) is 2.52. The molecule has 1 rings (SSSR count). The Balaban J connectivity index is 2.30. The molecule has 0 saturated carbocycles. The van der Waals surface area contributed by atoms with Crippen LogP contribution >= 0.6 is 23.1 Å². The highest BCUT2D eigenvalue weighted by Gasteiger charge is 2.01. The molecular weight excluding hydrogens is 178 g/mol. The zero-order valence-corrected chi connectivity index (χ0v) is 7.36. The molecule has 58 valence electrons. The van der Waals surface area contributed by atoms with Crippen LogP contribution in [-0.4, -0.2) is 16.8 Å². The van der Waals surface area contributed by atoms with Gasteiger partial charge in [0.25, 0.3) is 0 Å². The Morgan fingerprint density at radius 2 is 2.73 bits per heavy atom. The van der Waals surface area contributed by atoms with E-state index in [2.05, 4.69) is 4.98 Å². The summed E-state index contributed by atoms with van der Waals surface area (Å²) in [7, 11) is 0. The topological polar surface area (TPSA) is 62.7 Å². The Labute approximate surface area is 73.2 Å². The standard InChI is InChI=1S/C6H7N3S2/c7-3-5(8)4-11-6-9-1-2-10-6/h1-2,5H,4,8H2. The van der Waals surface area contributed by atoms with Gasteiger partial charge in [0.1, 0.15) is 10.4 Å². The van der Waals surface area contributed by atoms with Crippen LogP contribution in [-0.2, 0) is 0 Å². The first-order chi connectivity index (χ1) is 5.33. The Hall–Kier alpha value is -0.570. The van der Waals surface area contributed by atoms with Gasteiger partial charge in [-0.15, -0.1) is 11.3 Å². The summed E-state index contributed by atoms with van der Waals surface area (Å²) < 4.78 is 0.968. The number of hydrogen-bond acceptors (Lipinski definition) is 5. The number of thioether (sulfide) groups is 1. The van der Waals surface area contributed by atoms with Crippen molar-refractivity contribution in [2.75, 3.05) is 5.75 Å². The fourth-order valence-electron chi connectivity index (χ4n) is 0.480. The summed E-state index contributed by atoms with van der Waals surface area (Å²) in [5, 5.41) is 10.3. The summed E-state index contributed by atoms with van der Waals surface area (Å²) in [6.07, 6.45) is 1.74. The first-order valence-electron chi connectivity index (χ1n) is 3.00.